The van der Waals surface area contributed by atoms with Gasteiger partial charge >= 0.3 is 0 Å². The number of rotatable bonds is 2. The Balaban J connectivity index is 1.80. The van der Waals surface area contributed by atoms with Crippen molar-refractivity contribution in [2.24, 2.45) is 7.05 Å². The quantitative estimate of drug-likeness (QED) is 0.311. The number of aryl methyl sites for hydroxylation is 3. The van der Waals surface area contributed by atoms with Crippen LogP contribution < -0.4 is 0 Å². The molecule has 0 aliphatic heterocycles. The molecule has 5 rings (SSSR count). The van der Waals surface area contributed by atoms with E-state index >= 15 is 0 Å². The van der Waals surface area contributed by atoms with Crippen LogP contribution in [0.3, 0.4) is 0 Å². The highest BCUT2D eigenvalue weighted by molar-refractivity contribution is 6.09. The van der Waals surface area contributed by atoms with Gasteiger partial charge in [0, 0.05) is 28.9 Å². The Labute approximate surface area is 165 Å². The topological polar surface area (TPSA) is 4.93 Å². The van der Waals surface area contributed by atoms with Gasteiger partial charge in [-0.3, -0.25) is 0 Å². The van der Waals surface area contributed by atoms with Crippen LogP contribution in [0.5, 0.6) is 0 Å². The lowest BCUT2D eigenvalue weighted by Crippen LogP contribution is -1.92. The first kappa shape index (κ1) is 16.8. The van der Waals surface area contributed by atoms with Crippen molar-refractivity contribution in [2.45, 2.75) is 13.8 Å². The lowest BCUT2D eigenvalue weighted by atomic mass is 9.89. The molecule has 1 heteroatoms. The fourth-order valence-corrected chi connectivity index (χ4v) is 4.45. The summed E-state index contributed by atoms with van der Waals surface area (Å²) in [6, 6.07) is 30.8. The minimum atomic E-state index is 1.26. The van der Waals surface area contributed by atoms with Crippen molar-refractivity contribution in [3.8, 4) is 22.3 Å². The summed E-state index contributed by atoms with van der Waals surface area (Å²) >= 11 is 0. The number of aromatic nitrogens is 1. The van der Waals surface area contributed by atoms with Crippen LogP contribution in [0.4, 0.5) is 0 Å². The fourth-order valence-electron chi connectivity index (χ4n) is 4.45. The molecule has 0 radical (unpaired) electrons. The summed E-state index contributed by atoms with van der Waals surface area (Å²) in [5, 5.41) is 2.63. The van der Waals surface area contributed by atoms with Crippen LogP contribution in [-0.4, -0.2) is 4.57 Å². The van der Waals surface area contributed by atoms with Gasteiger partial charge in [0.1, 0.15) is 0 Å². The van der Waals surface area contributed by atoms with Crippen molar-refractivity contribution in [1.29, 1.82) is 0 Å². The van der Waals surface area contributed by atoms with Crippen molar-refractivity contribution >= 4 is 21.8 Å². The first-order valence-corrected chi connectivity index (χ1v) is 9.78. The Kier molecular flexibility index (Phi) is 3.84. The third-order valence-electron chi connectivity index (χ3n) is 5.91. The van der Waals surface area contributed by atoms with Gasteiger partial charge in [0.15, 0.2) is 0 Å². The van der Waals surface area contributed by atoms with Crippen LogP contribution in [0.2, 0.25) is 0 Å². The smallest absolute Gasteiger partial charge is 0.0494 e. The molecule has 0 aliphatic carbocycles. The van der Waals surface area contributed by atoms with Crippen molar-refractivity contribution in [1.82, 2.24) is 4.57 Å². The normalized spacial score (nSPS) is 11.4. The van der Waals surface area contributed by atoms with Gasteiger partial charge in [-0.25, -0.2) is 0 Å². The highest BCUT2D eigenvalue weighted by atomic mass is 14.9. The molecule has 0 N–H and O–H groups in total. The highest BCUT2D eigenvalue weighted by Gasteiger charge is 2.14. The monoisotopic (exact) mass is 361 g/mol. The van der Waals surface area contributed by atoms with Gasteiger partial charge < -0.3 is 4.57 Å². The molecule has 0 bridgehead atoms. The maximum absolute atomic E-state index is 2.34. The van der Waals surface area contributed by atoms with E-state index in [9.17, 15) is 0 Å². The third-order valence-corrected chi connectivity index (χ3v) is 5.91. The fraction of sp³-hybridized carbons (Fsp3) is 0.111. The molecule has 1 aromatic heterocycles. The van der Waals surface area contributed by atoms with E-state index in [1.165, 1.54) is 55.2 Å². The Morgan fingerprint density at radius 2 is 1.25 bits per heavy atom. The SMILES string of the molecule is Cc1ccccc1-c1c(C)cccc1-c1ccc2c3ccccc3n(C)c2c1. The molecular weight excluding hydrogens is 338 g/mol. The van der Waals surface area contributed by atoms with Crippen LogP contribution in [0, 0.1) is 13.8 Å². The molecule has 0 unspecified atom stereocenters. The van der Waals surface area contributed by atoms with Gasteiger partial charge in [-0.1, -0.05) is 72.8 Å². The lowest BCUT2D eigenvalue weighted by molar-refractivity contribution is 1.01. The van der Waals surface area contributed by atoms with E-state index in [1.807, 2.05) is 0 Å². The molecule has 1 heterocycles. The number of fused-ring (bicyclic) bond motifs is 3. The average molecular weight is 361 g/mol. The predicted molar refractivity (Wildman–Crippen MR) is 121 cm³/mol. The molecule has 0 saturated heterocycles. The van der Waals surface area contributed by atoms with E-state index in [-0.39, 0.29) is 0 Å². The van der Waals surface area contributed by atoms with Crippen LogP contribution in [0.1, 0.15) is 11.1 Å². The molecule has 4 aromatic carbocycles. The van der Waals surface area contributed by atoms with Gasteiger partial charge in [-0.2, -0.15) is 0 Å². The van der Waals surface area contributed by atoms with Crippen LogP contribution >= 0.6 is 0 Å². The van der Waals surface area contributed by atoms with E-state index in [1.54, 1.807) is 0 Å². The minimum absolute atomic E-state index is 1.26. The molecule has 0 atom stereocenters. The second kappa shape index (κ2) is 6.38. The second-order valence-corrected chi connectivity index (χ2v) is 7.62. The number of hydrogen-bond acceptors (Lipinski definition) is 0. The van der Waals surface area contributed by atoms with Crippen molar-refractivity contribution in [2.75, 3.05) is 0 Å². The summed E-state index contributed by atoms with van der Waals surface area (Å²) in [6.07, 6.45) is 0. The van der Waals surface area contributed by atoms with E-state index in [4.69, 9.17) is 0 Å². The maximum Gasteiger partial charge on any atom is 0.0494 e. The van der Waals surface area contributed by atoms with E-state index in [0.717, 1.165) is 0 Å². The molecular formula is C27H23N. The second-order valence-electron chi connectivity index (χ2n) is 7.62. The standard InChI is InChI=1S/C27H23N/c1-18-9-4-5-11-21(18)27-19(2)10-8-13-22(27)20-15-16-24-23-12-6-7-14-25(23)28(3)26(24)17-20/h4-17H,1-3H3. The van der Waals surface area contributed by atoms with Crippen molar-refractivity contribution < 1.29 is 0 Å². The van der Waals surface area contributed by atoms with Gasteiger partial charge in [0.2, 0.25) is 0 Å². The van der Waals surface area contributed by atoms with E-state index in [0.29, 0.717) is 0 Å². The van der Waals surface area contributed by atoms with Gasteiger partial charge in [-0.15, -0.1) is 0 Å². The van der Waals surface area contributed by atoms with E-state index < -0.39 is 0 Å². The van der Waals surface area contributed by atoms with Crippen LogP contribution in [-0.2, 0) is 7.05 Å². The maximum atomic E-state index is 2.34. The van der Waals surface area contributed by atoms with Crippen LogP contribution in [0.15, 0.2) is 84.9 Å². The molecule has 5 aromatic rings. The summed E-state index contributed by atoms with van der Waals surface area (Å²) in [4.78, 5) is 0. The molecule has 0 aliphatic rings. The van der Waals surface area contributed by atoms with Gasteiger partial charge in [0.05, 0.1) is 0 Å². The summed E-state index contributed by atoms with van der Waals surface area (Å²) in [5.74, 6) is 0. The molecule has 136 valence electrons. The summed E-state index contributed by atoms with van der Waals surface area (Å²) in [6.45, 7) is 4.40. The zero-order valence-electron chi connectivity index (χ0n) is 16.5. The molecule has 28 heavy (non-hydrogen) atoms. The zero-order valence-corrected chi connectivity index (χ0v) is 16.5. The molecule has 1 nitrogen and oxygen atoms in total. The minimum Gasteiger partial charge on any atom is -0.344 e. The molecule has 0 amide bonds. The van der Waals surface area contributed by atoms with Crippen molar-refractivity contribution in [3.63, 3.8) is 0 Å². The summed E-state index contributed by atoms with van der Waals surface area (Å²) in [5.41, 5.74) is 10.4. The zero-order chi connectivity index (χ0) is 19.3. The van der Waals surface area contributed by atoms with E-state index in [2.05, 4.69) is 110 Å². The number of nitrogens with zero attached hydrogens (tertiary/aromatic N) is 1. The first-order valence-electron chi connectivity index (χ1n) is 9.78. The number of para-hydroxylation sites is 1. The summed E-state index contributed by atoms with van der Waals surface area (Å²) < 4.78 is 2.30. The lowest BCUT2D eigenvalue weighted by Gasteiger charge is -2.16. The Morgan fingerprint density at radius 3 is 2.11 bits per heavy atom. The van der Waals surface area contributed by atoms with Crippen molar-refractivity contribution in [3.05, 3.63) is 96.1 Å². The third kappa shape index (κ3) is 2.47. The number of hydrogen-bond donors (Lipinski definition) is 0. The molecule has 0 saturated carbocycles. The largest absolute Gasteiger partial charge is 0.344 e. The molecule has 0 spiro atoms. The number of benzene rings is 4. The Morgan fingerprint density at radius 1 is 0.571 bits per heavy atom. The Hall–Kier alpha value is -3.32. The first-order chi connectivity index (χ1) is 13.6. The highest BCUT2D eigenvalue weighted by Crippen LogP contribution is 2.38. The molecule has 0 fully saturated rings. The van der Waals surface area contributed by atoms with Crippen LogP contribution in [0.25, 0.3) is 44.1 Å². The average Bonchev–Trinajstić information content (AvgIpc) is 3.01. The Bertz CT molecular complexity index is 1340. The predicted octanol–water partition coefficient (Wildman–Crippen LogP) is 7.28. The summed E-state index contributed by atoms with van der Waals surface area (Å²) in [7, 11) is 2.16. The van der Waals surface area contributed by atoms with Gasteiger partial charge in [0.25, 0.3) is 0 Å². The van der Waals surface area contributed by atoms with Gasteiger partial charge in [-0.05, 0) is 59.4 Å².